The molecule has 1 aromatic carbocycles. The quantitative estimate of drug-likeness (QED) is 0.785. The molecule has 0 saturated heterocycles. The first-order valence-corrected chi connectivity index (χ1v) is 9.36. The molecule has 1 heterocycles. The smallest absolute Gasteiger partial charge is 0.251 e. The molecule has 1 aromatic heterocycles. The van der Waals surface area contributed by atoms with E-state index in [9.17, 15) is 9.59 Å². The molecule has 6 nitrogen and oxygen atoms in total. The molecule has 0 spiro atoms. The lowest BCUT2D eigenvalue weighted by Gasteiger charge is -2.12. The number of nitrogens with one attached hydrogen (secondary N) is 2. The third-order valence-electron chi connectivity index (χ3n) is 4.69. The predicted octanol–water partition coefficient (Wildman–Crippen LogP) is 3.30. The molecule has 146 valence electrons. The van der Waals surface area contributed by atoms with Crippen molar-refractivity contribution in [1.29, 1.82) is 0 Å². The van der Waals surface area contributed by atoms with Gasteiger partial charge in [0.15, 0.2) is 0 Å². The van der Waals surface area contributed by atoms with Crippen molar-refractivity contribution in [1.82, 2.24) is 15.1 Å². The molecule has 2 rings (SSSR count). The van der Waals surface area contributed by atoms with E-state index in [2.05, 4.69) is 29.6 Å². The molecule has 0 fully saturated rings. The lowest BCUT2D eigenvalue weighted by Crippen LogP contribution is -2.27. The van der Waals surface area contributed by atoms with Gasteiger partial charge in [0.05, 0.1) is 5.69 Å². The van der Waals surface area contributed by atoms with E-state index in [1.807, 2.05) is 32.5 Å². The molecule has 0 saturated carbocycles. The first-order chi connectivity index (χ1) is 12.7. The van der Waals surface area contributed by atoms with Gasteiger partial charge in [-0.2, -0.15) is 5.10 Å². The van der Waals surface area contributed by atoms with Crippen LogP contribution in [0.5, 0.6) is 0 Å². The standard InChI is InChI=1S/C21H30N4O2/c1-13(2)12-22-21(27)17-7-9-19(14(3)11-17)23-20(26)10-8-18-15(4)24-25(6)16(18)5/h7,9,11,13H,8,10,12H2,1-6H3,(H,22,27)(H,23,26). The van der Waals surface area contributed by atoms with Gasteiger partial charge >= 0.3 is 0 Å². The van der Waals surface area contributed by atoms with Crippen molar-refractivity contribution in [2.75, 3.05) is 11.9 Å². The highest BCUT2D eigenvalue weighted by Gasteiger charge is 2.13. The number of hydrogen-bond donors (Lipinski definition) is 2. The zero-order valence-corrected chi connectivity index (χ0v) is 17.1. The van der Waals surface area contributed by atoms with Crippen LogP contribution in [-0.4, -0.2) is 28.1 Å². The summed E-state index contributed by atoms with van der Waals surface area (Å²) in [5.74, 6) is 0.269. The van der Waals surface area contributed by atoms with E-state index >= 15 is 0 Å². The van der Waals surface area contributed by atoms with Crippen LogP contribution in [0.2, 0.25) is 0 Å². The number of aryl methyl sites for hydroxylation is 3. The molecule has 0 unspecified atom stereocenters. The molecule has 0 atom stereocenters. The van der Waals surface area contributed by atoms with Crippen molar-refractivity contribution >= 4 is 17.5 Å². The molecule has 27 heavy (non-hydrogen) atoms. The molecule has 0 aliphatic rings. The third kappa shape index (κ3) is 5.42. The van der Waals surface area contributed by atoms with Gasteiger partial charge < -0.3 is 10.6 Å². The highest BCUT2D eigenvalue weighted by molar-refractivity contribution is 5.96. The van der Waals surface area contributed by atoms with Gasteiger partial charge in [0.25, 0.3) is 5.91 Å². The Morgan fingerprint density at radius 2 is 1.89 bits per heavy atom. The zero-order valence-electron chi connectivity index (χ0n) is 17.1. The summed E-state index contributed by atoms with van der Waals surface area (Å²) in [4.78, 5) is 24.5. The van der Waals surface area contributed by atoms with Gasteiger partial charge in [0, 0.05) is 37.0 Å². The van der Waals surface area contributed by atoms with Crippen LogP contribution >= 0.6 is 0 Å². The average molecular weight is 370 g/mol. The van der Waals surface area contributed by atoms with E-state index in [1.165, 1.54) is 0 Å². The number of carbonyl (C=O) groups is 2. The van der Waals surface area contributed by atoms with Crippen molar-refractivity contribution in [3.63, 3.8) is 0 Å². The lowest BCUT2D eigenvalue weighted by molar-refractivity contribution is -0.116. The van der Waals surface area contributed by atoms with Crippen LogP contribution in [-0.2, 0) is 18.3 Å². The largest absolute Gasteiger partial charge is 0.352 e. The minimum atomic E-state index is -0.0906. The second-order valence-corrected chi connectivity index (χ2v) is 7.45. The van der Waals surface area contributed by atoms with Gasteiger partial charge in [-0.15, -0.1) is 0 Å². The van der Waals surface area contributed by atoms with Crippen molar-refractivity contribution in [2.45, 2.75) is 47.5 Å². The zero-order chi connectivity index (χ0) is 20.1. The van der Waals surface area contributed by atoms with Crippen LogP contribution in [0.25, 0.3) is 0 Å². The van der Waals surface area contributed by atoms with Crippen molar-refractivity contribution in [3.05, 3.63) is 46.3 Å². The second kappa shape index (κ2) is 8.84. The first-order valence-electron chi connectivity index (χ1n) is 9.36. The first kappa shape index (κ1) is 20.7. The Morgan fingerprint density at radius 1 is 1.19 bits per heavy atom. The van der Waals surface area contributed by atoms with E-state index in [-0.39, 0.29) is 11.8 Å². The molecule has 2 amide bonds. The van der Waals surface area contributed by atoms with Crippen LogP contribution in [0.3, 0.4) is 0 Å². The van der Waals surface area contributed by atoms with E-state index in [0.717, 1.165) is 28.2 Å². The normalized spacial score (nSPS) is 10.9. The number of carbonyl (C=O) groups excluding carboxylic acids is 2. The second-order valence-electron chi connectivity index (χ2n) is 7.45. The maximum atomic E-state index is 12.3. The van der Waals surface area contributed by atoms with E-state index in [0.29, 0.717) is 30.9 Å². The molecule has 0 aliphatic heterocycles. The van der Waals surface area contributed by atoms with E-state index in [1.54, 1.807) is 18.2 Å². The third-order valence-corrected chi connectivity index (χ3v) is 4.69. The molecular weight excluding hydrogens is 340 g/mol. The van der Waals surface area contributed by atoms with E-state index < -0.39 is 0 Å². The van der Waals surface area contributed by atoms with Crippen molar-refractivity contribution < 1.29 is 9.59 Å². The number of benzene rings is 1. The number of anilines is 1. The fraction of sp³-hybridized carbons (Fsp3) is 0.476. The summed E-state index contributed by atoms with van der Waals surface area (Å²) in [5, 5.41) is 10.2. The molecule has 6 heteroatoms. The monoisotopic (exact) mass is 370 g/mol. The number of rotatable bonds is 7. The van der Waals surface area contributed by atoms with Crippen LogP contribution < -0.4 is 10.6 Å². The summed E-state index contributed by atoms with van der Waals surface area (Å²) in [6, 6.07) is 5.34. The SMILES string of the molecule is Cc1cc(C(=O)NCC(C)C)ccc1NC(=O)CCc1c(C)nn(C)c1C. The highest BCUT2D eigenvalue weighted by atomic mass is 16.2. The summed E-state index contributed by atoms with van der Waals surface area (Å²) in [6.45, 7) is 10.6. The minimum absolute atomic E-state index is 0.0437. The Morgan fingerprint density at radius 3 is 2.44 bits per heavy atom. The highest BCUT2D eigenvalue weighted by Crippen LogP contribution is 2.18. The summed E-state index contributed by atoms with van der Waals surface area (Å²) in [7, 11) is 1.91. The lowest BCUT2D eigenvalue weighted by atomic mass is 10.1. The molecule has 0 bridgehead atoms. The van der Waals surface area contributed by atoms with Gasteiger partial charge in [-0.25, -0.2) is 0 Å². The van der Waals surface area contributed by atoms with Gasteiger partial charge in [-0.1, -0.05) is 13.8 Å². The summed E-state index contributed by atoms with van der Waals surface area (Å²) in [5.41, 5.74) is 5.40. The maximum Gasteiger partial charge on any atom is 0.251 e. The maximum absolute atomic E-state index is 12.3. The Kier molecular flexibility index (Phi) is 6.77. The van der Waals surface area contributed by atoms with Crippen LogP contribution in [0, 0.1) is 26.7 Å². The van der Waals surface area contributed by atoms with Gasteiger partial charge in [-0.05, 0) is 62.4 Å². The van der Waals surface area contributed by atoms with Crippen LogP contribution in [0.1, 0.15) is 53.1 Å². The predicted molar refractivity (Wildman–Crippen MR) is 108 cm³/mol. The molecule has 2 N–H and O–H groups in total. The van der Waals surface area contributed by atoms with Crippen molar-refractivity contribution in [3.8, 4) is 0 Å². The molecule has 0 radical (unpaired) electrons. The fourth-order valence-corrected chi connectivity index (χ4v) is 2.97. The number of nitrogens with zero attached hydrogens (tertiary/aromatic N) is 2. The Bertz CT molecular complexity index is 837. The number of hydrogen-bond acceptors (Lipinski definition) is 3. The average Bonchev–Trinajstić information content (AvgIpc) is 2.84. The van der Waals surface area contributed by atoms with Gasteiger partial charge in [-0.3, -0.25) is 14.3 Å². The minimum Gasteiger partial charge on any atom is -0.352 e. The van der Waals surface area contributed by atoms with Crippen LogP contribution in [0.4, 0.5) is 5.69 Å². The molecule has 2 aromatic rings. The Hall–Kier alpha value is -2.63. The Balaban J connectivity index is 1.96. The molecular formula is C21H30N4O2. The Labute approximate surface area is 161 Å². The number of amides is 2. The van der Waals surface area contributed by atoms with Crippen LogP contribution in [0.15, 0.2) is 18.2 Å². The fourth-order valence-electron chi connectivity index (χ4n) is 2.97. The summed E-state index contributed by atoms with van der Waals surface area (Å²) < 4.78 is 1.84. The topological polar surface area (TPSA) is 76.0 Å². The molecule has 0 aliphatic carbocycles. The summed E-state index contributed by atoms with van der Waals surface area (Å²) >= 11 is 0. The van der Waals surface area contributed by atoms with Gasteiger partial charge in [0.2, 0.25) is 5.91 Å². The number of aromatic nitrogens is 2. The van der Waals surface area contributed by atoms with Gasteiger partial charge in [0.1, 0.15) is 0 Å². The summed E-state index contributed by atoms with van der Waals surface area (Å²) in [6.07, 6.45) is 1.05. The van der Waals surface area contributed by atoms with Crippen molar-refractivity contribution in [2.24, 2.45) is 13.0 Å². The van der Waals surface area contributed by atoms with E-state index in [4.69, 9.17) is 0 Å².